The summed E-state index contributed by atoms with van der Waals surface area (Å²) in [7, 11) is 0. The Hall–Kier alpha value is -1.86. The largest absolute Gasteiger partial charge is 0.302 e. The molecule has 2 aromatic rings. The number of rotatable bonds is 5. The smallest absolute Gasteiger partial charge is 0.0581 e. The van der Waals surface area contributed by atoms with Gasteiger partial charge in [-0.1, -0.05) is 66.2 Å². The molecular formula is C19H23N. The van der Waals surface area contributed by atoms with Gasteiger partial charge >= 0.3 is 0 Å². The first kappa shape index (κ1) is 14.5. The molecule has 0 saturated carbocycles. The Morgan fingerprint density at radius 2 is 1.80 bits per heavy atom. The topological polar surface area (TPSA) is 12.0 Å². The minimum absolute atomic E-state index is 0.216. The summed E-state index contributed by atoms with van der Waals surface area (Å²) in [6, 6.07) is 17.5. The van der Waals surface area contributed by atoms with Gasteiger partial charge in [0.2, 0.25) is 0 Å². The predicted molar refractivity (Wildman–Crippen MR) is 87.0 cm³/mol. The maximum Gasteiger partial charge on any atom is 0.0581 e. The van der Waals surface area contributed by atoms with E-state index in [4.69, 9.17) is 0 Å². The van der Waals surface area contributed by atoms with Crippen molar-refractivity contribution in [3.05, 3.63) is 82.9 Å². The van der Waals surface area contributed by atoms with Gasteiger partial charge in [-0.2, -0.15) is 0 Å². The third-order valence-corrected chi connectivity index (χ3v) is 3.48. The second-order valence-electron chi connectivity index (χ2n) is 5.54. The molecule has 0 aliphatic heterocycles. The highest BCUT2D eigenvalue weighted by atomic mass is 14.9. The first-order valence-corrected chi connectivity index (χ1v) is 7.08. The molecule has 0 aromatic heterocycles. The molecule has 0 spiro atoms. The number of hydrogen-bond donors (Lipinski definition) is 1. The highest BCUT2D eigenvalue weighted by molar-refractivity contribution is 5.39. The maximum absolute atomic E-state index is 3.99. The normalized spacial score (nSPS) is 12.2. The number of aryl methyl sites for hydroxylation is 2. The van der Waals surface area contributed by atoms with Crippen LogP contribution in [-0.4, -0.2) is 6.54 Å². The molecule has 1 N–H and O–H groups in total. The van der Waals surface area contributed by atoms with Crippen molar-refractivity contribution < 1.29 is 0 Å². The van der Waals surface area contributed by atoms with Crippen molar-refractivity contribution in [2.75, 3.05) is 6.54 Å². The van der Waals surface area contributed by atoms with Gasteiger partial charge in [0.1, 0.15) is 0 Å². The van der Waals surface area contributed by atoms with Gasteiger partial charge in [-0.05, 0) is 37.5 Å². The van der Waals surface area contributed by atoms with E-state index in [1.54, 1.807) is 0 Å². The molecular weight excluding hydrogens is 242 g/mol. The molecule has 1 heteroatoms. The Kier molecular flexibility index (Phi) is 4.75. The van der Waals surface area contributed by atoms with E-state index < -0.39 is 0 Å². The molecule has 1 nitrogen and oxygen atoms in total. The summed E-state index contributed by atoms with van der Waals surface area (Å²) < 4.78 is 0. The highest BCUT2D eigenvalue weighted by Crippen LogP contribution is 2.25. The zero-order valence-electron chi connectivity index (χ0n) is 12.6. The molecule has 0 fully saturated rings. The molecule has 0 amide bonds. The van der Waals surface area contributed by atoms with Crippen LogP contribution in [0, 0.1) is 13.8 Å². The van der Waals surface area contributed by atoms with E-state index in [0.29, 0.717) is 0 Å². The average molecular weight is 265 g/mol. The molecule has 104 valence electrons. The molecule has 2 aromatic carbocycles. The minimum Gasteiger partial charge on any atom is -0.302 e. The summed E-state index contributed by atoms with van der Waals surface area (Å²) in [6.45, 7) is 11.2. The molecule has 1 atom stereocenters. The SMILES string of the molecule is C=C(C)CNC(c1ccccc1)c1ccc(C)cc1C. The van der Waals surface area contributed by atoms with E-state index in [9.17, 15) is 0 Å². The van der Waals surface area contributed by atoms with Gasteiger partial charge in [-0.15, -0.1) is 0 Å². The summed E-state index contributed by atoms with van der Waals surface area (Å²) in [5.74, 6) is 0. The van der Waals surface area contributed by atoms with Gasteiger partial charge in [0, 0.05) is 6.54 Å². The van der Waals surface area contributed by atoms with Crippen molar-refractivity contribution >= 4 is 0 Å². The molecule has 0 bridgehead atoms. The minimum atomic E-state index is 0.216. The molecule has 0 radical (unpaired) electrons. The fourth-order valence-electron chi connectivity index (χ4n) is 2.48. The van der Waals surface area contributed by atoms with Crippen LogP contribution in [-0.2, 0) is 0 Å². The van der Waals surface area contributed by atoms with Crippen LogP contribution in [0.5, 0.6) is 0 Å². The molecule has 2 rings (SSSR count). The van der Waals surface area contributed by atoms with E-state index in [-0.39, 0.29) is 6.04 Å². The van der Waals surface area contributed by atoms with Gasteiger partial charge in [0.05, 0.1) is 6.04 Å². The van der Waals surface area contributed by atoms with Crippen LogP contribution in [0.4, 0.5) is 0 Å². The Morgan fingerprint density at radius 3 is 2.40 bits per heavy atom. The van der Waals surface area contributed by atoms with Gasteiger partial charge in [0.15, 0.2) is 0 Å². The van der Waals surface area contributed by atoms with Crippen LogP contribution in [0.2, 0.25) is 0 Å². The lowest BCUT2D eigenvalue weighted by atomic mass is 9.93. The number of hydrogen-bond acceptors (Lipinski definition) is 1. The van der Waals surface area contributed by atoms with E-state index in [1.165, 1.54) is 22.3 Å². The molecule has 1 unspecified atom stereocenters. The summed E-state index contributed by atoms with van der Waals surface area (Å²) in [5.41, 5.74) is 6.41. The summed E-state index contributed by atoms with van der Waals surface area (Å²) in [5, 5.41) is 3.61. The van der Waals surface area contributed by atoms with Crippen molar-refractivity contribution in [1.29, 1.82) is 0 Å². The number of nitrogens with one attached hydrogen (secondary N) is 1. The summed E-state index contributed by atoms with van der Waals surface area (Å²) in [6.07, 6.45) is 0. The average Bonchev–Trinajstić information content (AvgIpc) is 2.42. The molecule has 0 aliphatic rings. The van der Waals surface area contributed by atoms with Crippen LogP contribution < -0.4 is 5.32 Å². The zero-order chi connectivity index (χ0) is 14.5. The molecule has 0 aliphatic carbocycles. The van der Waals surface area contributed by atoms with Gasteiger partial charge < -0.3 is 5.32 Å². The van der Waals surface area contributed by atoms with Crippen molar-refractivity contribution in [1.82, 2.24) is 5.32 Å². The summed E-state index contributed by atoms with van der Waals surface area (Å²) >= 11 is 0. The Morgan fingerprint density at radius 1 is 1.10 bits per heavy atom. The quantitative estimate of drug-likeness (QED) is 0.782. The van der Waals surface area contributed by atoms with Crippen LogP contribution in [0.25, 0.3) is 0 Å². The monoisotopic (exact) mass is 265 g/mol. The number of benzene rings is 2. The summed E-state index contributed by atoms with van der Waals surface area (Å²) in [4.78, 5) is 0. The van der Waals surface area contributed by atoms with Crippen LogP contribution in [0.15, 0.2) is 60.7 Å². The fraction of sp³-hybridized carbons (Fsp3) is 0.263. The first-order chi connectivity index (χ1) is 9.58. The van der Waals surface area contributed by atoms with Crippen molar-refractivity contribution in [3.8, 4) is 0 Å². The van der Waals surface area contributed by atoms with Gasteiger partial charge in [-0.25, -0.2) is 0 Å². The molecule has 0 saturated heterocycles. The Labute approximate surface area is 122 Å². The van der Waals surface area contributed by atoms with Gasteiger partial charge in [-0.3, -0.25) is 0 Å². The van der Waals surface area contributed by atoms with E-state index in [0.717, 1.165) is 12.1 Å². The van der Waals surface area contributed by atoms with Gasteiger partial charge in [0.25, 0.3) is 0 Å². The van der Waals surface area contributed by atoms with Crippen LogP contribution in [0.1, 0.15) is 35.2 Å². The van der Waals surface area contributed by atoms with Crippen LogP contribution in [0.3, 0.4) is 0 Å². The standard InChI is InChI=1S/C19H23N/c1-14(2)13-20-19(17-8-6-5-7-9-17)18-11-10-15(3)12-16(18)4/h5-12,19-20H,1,13H2,2-4H3. The van der Waals surface area contributed by atoms with Crippen molar-refractivity contribution in [3.63, 3.8) is 0 Å². The molecule has 20 heavy (non-hydrogen) atoms. The third kappa shape index (κ3) is 3.58. The Bertz CT molecular complexity index is 584. The third-order valence-electron chi connectivity index (χ3n) is 3.48. The van der Waals surface area contributed by atoms with Crippen LogP contribution >= 0.6 is 0 Å². The second-order valence-corrected chi connectivity index (χ2v) is 5.54. The molecule has 0 heterocycles. The fourth-order valence-corrected chi connectivity index (χ4v) is 2.48. The van der Waals surface area contributed by atoms with Crippen molar-refractivity contribution in [2.45, 2.75) is 26.8 Å². The van der Waals surface area contributed by atoms with Crippen molar-refractivity contribution in [2.24, 2.45) is 0 Å². The Balaban J connectivity index is 2.37. The maximum atomic E-state index is 3.99. The van der Waals surface area contributed by atoms with E-state index in [2.05, 4.69) is 81.2 Å². The lowest BCUT2D eigenvalue weighted by Crippen LogP contribution is -2.24. The lowest BCUT2D eigenvalue weighted by Gasteiger charge is -2.22. The second kappa shape index (κ2) is 6.53. The zero-order valence-corrected chi connectivity index (χ0v) is 12.6. The van der Waals surface area contributed by atoms with E-state index >= 15 is 0 Å². The highest BCUT2D eigenvalue weighted by Gasteiger charge is 2.15. The predicted octanol–water partition coefficient (Wildman–Crippen LogP) is 4.56. The lowest BCUT2D eigenvalue weighted by molar-refractivity contribution is 0.638. The van der Waals surface area contributed by atoms with E-state index in [1.807, 2.05) is 0 Å². The first-order valence-electron chi connectivity index (χ1n) is 7.08.